The highest BCUT2D eigenvalue weighted by atomic mass is 16.5. The predicted octanol–water partition coefficient (Wildman–Crippen LogP) is 2.22. The molecular formula is C17H25N3O2. The van der Waals surface area contributed by atoms with E-state index in [2.05, 4.69) is 34.7 Å². The van der Waals surface area contributed by atoms with Crippen molar-refractivity contribution in [1.29, 1.82) is 0 Å². The number of hydrogen-bond donors (Lipinski definition) is 3. The van der Waals surface area contributed by atoms with Gasteiger partial charge in [-0.15, -0.1) is 0 Å². The Labute approximate surface area is 132 Å². The van der Waals surface area contributed by atoms with Gasteiger partial charge < -0.3 is 20.5 Å². The summed E-state index contributed by atoms with van der Waals surface area (Å²) in [6.07, 6.45) is 7.16. The van der Waals surface area contributed by atoms with Crippen molar-refractivity contribution in [2.75, 3.05) is 20.2 Å². The Hall–Kier alpha value is -2.17. The first-order valence-corrected chi connectivity index (χ1v) is 7.78. The second kappa shape index (κ2) is 8.32. The second-order valence-corrected chi connectivity index (χ2v) is 5.29. The van der Waals surface area contributed by atoms with Crippen LogP contribution in [0.25, 0.3) is 0 Å². The van der Waals surface area contributed by atoms with Crippen molar-refractivity contribution < 1.29 is 9.84 Å². The summed E-state index contributed by atoms with van der Waals surface area (Å²) in [6.45, 7) is 3.51. The number of nitrogens with zero attached hydrogens (tertiary/aromatic N) is 1. The number of benzene rings is 1. The number of rotatable bonds is 6. The van der Waals surface area contributed by atoms with Crippen LogP contribution >= 0.6 is 0 Å². The Morgan fingerprint density at radius 2 is 2.14 bits per heavy atom. The third-order valence-electron chi connectivity index (χ3n) is 3.64. The third kappa shape index (κ3) is 4.69. The maximum atomic E-state index is 9.95. The molecular weight excluding hydrogens is 278 g/mol. The number of hydrogen-bond acceptors (Lipinski definition) is 3. The van der Waals surface area contributed by atoms with Gasteiger partial charge in [0.05, 0.1) is 7.11 Å². The van der Waals surface area contributed by atoms with Crippen LogP contribution in [0.5, 0.6) is 11.5 Å². The van der Waals surface area contributed by atoms with E-state index in [1.807, 2.05) is 12.1 Å². The highest BCUT2D eigenvalue weighted by Gasteiger charge is 2.11. The van der Waals surface area contributed by atoms with Crippen LogP contribution in [0.3, 0.4) is 0 Å². The Morgan fingerprint density at radius 1 is 1.36 bits per heavy atom. The molecule has 0 unspecified atom stereocenters. The van der Waals surface area contributed by atoms with Gasteiger partial charge in [-0.3, -0.25) is 4.99 Å². The van der Waals surface area contributed by atoms with E-state index in [9.17, 15) is 5.11 Å². The summed E-state index contributed by atoms with van der Waals surface area (Å²) < 4.78 is 5.09. The monoisotopic (exact) mass is 303 g/mol. The third-order valence-corrected chi connectivity index (χ3v) is 3.64. The molecule has 120 valence electrons. The van der Waals surface area contributed by atoms with Gasteiger partial charge in [0.2, 0.25) is 0 Å². The molecule has 1 aromatic carbocycles. The van der Waals surface area contributed by atoms with Gasteiger partial charge in [-0.05, 0) is 37.8 Å². The average molecular weight is 303 g/mol. The average Bonchev–Trinajstić information content (AvgIpc) is 3.02. The van der Waals surface area contributed by atoms with Gasteiger partial charge >= 0.3 is 0 Å². The van der Waals surface area contributed by atoms with E-state index in [1.165, 1.54) is 0 Å². The van der Waals surface area contributed by atoms with E-state index < -0.39 is 0 Å². The van der Waals surface area contributed by atoms with Gasteiger partial charge in [0.1, 0.15) is 11.5 Å². The minimum absolute atomic E-state index is 0.257. The van der Waals surface area contributed by atoms with Crippen LogP contribution < -0.4 is 15.4 Å². The molecule has 0 aliphatic heterocycles. The lowest BCUT2D eigenvalue weighted by atomic mass is 10.1. The molecule has 1 aromatic rings. The van der Waals surface area contributed by atoms with E-state index in [1.54, 1.807) is 13.2 Å². The molecule has 5 nitrogen and oxygen atoms in total. The molecule has 5 heteroatoms. The van der Waals surface area contributed by atoms with Gasteiger partial charge in [0.15, 0.2) is 5.96 Å². The van der Waals surface area contributed by atoms with Crippen LogP contribution in [-0.2, 0) is 6.42 Å². The number of phenolic OH excluding ortho intramolecular Hbond substituents is 1. The quantitative estimate of drug-likeness (QED) is 0.428. The molecule has 1 aliphatic carbocycles. The fourth-order valence-electron chi connectivity index (χ4n) is 2.42. The number of ether oxygens (including phenoxy) is 1. The second-order valence-electron chi connectivity index (χ2n) is 5.29. The van der Waals surface area contributed by atoms with Crippen molar-refractivity contribution in [3.05, 3.63) is 35.9 Å². The number of guanidine groups is 1. The largest absolute Gasteiger partial charge is 0.508 e. The van der Waals surface area contributed by atoms with Crippen molar-refractivity contribution in [3.8, 4) is 11.5 Å². The minimum atomic E-state index is 0.257. The maximum Gasteiger partial charge on any atom is 0.191 e. The standard InChI is InChI=1S/C17H25N3O2/c1-3-18-17(20-14-6-4-5-7-14)19-11-10-13-8-9-15(22-2)12-16(13)21/h4-5,8-9,12,14,21H,3,6-7,10-11H2,1-2H3,(H2,18,19,20). The fraction of sp³-hybridized carbons (Fsp3) is 0.471. The Bertz CT molecular complexity index is 533. The zero-order chi connectivity index (χ0) is 15.8. The van der Waals surface area contributed by atoms with E-state index in [0.717, 1.165) is 30.9 Å². The number of aliphatic imine (C=N–C) groups is 1. The van der Waals surface area contributed by atoms with Crippen molar-refractivity contribution in [2.24, 2.45) is 4.99 Å². The number of aromatic hydroxyl groups is 1. The van der Waals surface area contributed by atoms with Gasteiger partial charge in [0, 0.05) is 25.2 Å². The maximum absolute atomic E-state index is 9.95. The van der Waals surface area contributed by atoms with Crippen LogP contribution in [0.15, 0.2) is 35.3 Å². The molecule has 0 aromatic heterocycles. The van der Waals surface area contributed by atoms with Crippen LogP contribution in [0.4, 0.5) is 0 Å². The van der Waals surface area contributed by atoms with Crippen molar-refractivity contribution in [3.63, 3.8) is 0 Å². The lowest BCUT2D eigenvalue weighted by molar-refractivity contribution is 0.406. The molecule has 3 N–H and O–H groups in total. The predicted molar refractivity (Wildman–Crippen MR) is 89.6 cm³/mol. The lowest BCUT2D eigenvalue weighted by Gasteiger charge is -2.16. The first kappa shape index (κ1) is 16.2. The summed E-state index contributed by atoms with van der Waals surface area (Å²) in [7, 11) is 1.59. The molecule has 0 radical (unpaired) electrons. The first-order chi connectivity index (χ1) is 10.7. The molecule has 0 bridgehead atoms. The first-order valence-electron chi connectivity index (χ1n) is 7.78. The molecule has 2 rings (SSSR count). The topological polar surface area (TPSA) is 65.9 Å². The molecule has 22 heavy (non-hydrogen) atoms. The van der Waals surface area contributed by atoms with E-state index in [0.29, 0.717) is 24.8 Å². The highest BCUT2D eigenvalue weighted by molar-refractivity contribution is 5.80. The molecule has 0 amide bonds. The minimum Gasteiger partial charge on any atom is -0.508 e. The molecule has 0 fully saturated rings. The summed E-state index contributed by atoms with van der Waals surface area (Å²) >= 11 is 0. The van der Waals surface area contributed by atoms with E-state index in [4.69, 9.17) is 4.74 Å². The Morgan fingerprint density at radius 3 is 2.77 bits per heavy atom. The van der Waals surface area contributed by atoms with Crippen LogP contribution in [0, 0.1) is 0 Å². The molecule has 0 saturated carbocycles. The van der Waals surface area contributed by atoms with Gasteiger partial charge in [-0.25, -0.2) is 0 Å². The van der Waals surface area contributed by atoms with Crippen molar-refractivity contribution in [2.45, 2.75) is 32.2 Å². The smallest absolute Gasteiger partial charge is 0.191 e. The summed E-state index contributed by atoms with van der Waals surface area (Å²) in [5.41, 5.74) is 0.878. The zero-order valence-electron chi connectivity index (χ0n) is 13.3. The SMILES string of the molecule is CCNC(=NCCc1ccc(OC)cc1O)NC1CC=CC1. The Kier molecular flexibility index (Phi) is 6.13. The molecule has 0 saturated heterocycles. The molecule has 0 heterocycles. The molecule has 0 spiro atoms. The summed E-state index contributed by atoms with van der Waals surface area (Å²) in [5.74, 6) is 1.75. The molecule has 0 atom stereocenters. The summed E-state index contributed by atoms with van der Waals surface area (Å²) in [6, 6.07) is 5.80. The van der Waals surface area contributed by atoms with Crippen LogP contribution in [-0.4, -0.2) is 37.3 Å². The zero-order valence-corrected chi connectivity index (χ0v) is 13.3. The van der Waals surface area contributed by atoms with Gasteiger partial charge in [-0.1, -0.05) is 18.2 Å². The van der Waals surface area contributed by atoms with Gasteiger partial charge in [-0.2, -0.15) is 0 Å². The van der Waals surface area contributed by atoms with Crippen molar-refractivity contribution >= 4 is 5.96 Å². The van der Waals surface area contributed by atoms with Crippen LogP contribution in [0.2, 0.25) is 0 Å². The fourth-order valence-corrected chi connectivity index (χ4v) is 2.42. The van der Waals surface area contributed by atoms with Gasteiger partial charge in [0.25, 0.3) is 0 Å². The lowest BCUT2D eigenvalue weighted by Crippen LogP contribution is -2.42. The summed E-state index contributed by atoms with van der Waals surface area (Å²) in [5, 5.41) is 16.6. The normalized spacial score (nSPS) is 15.1. The Balaban J connectivity index is 1.89. The van der Waals surface area contributed by atoms with Crippen molar-refractivity contribution in [1.82, 2.24) is 10.6 Å². The number of phenols is 1. The van der Waals surface area contributed by atoms with Crippen LogP contribution in [0.1, 0.15) is 25.3 Å². The number of methoxy groups -OCH3 is 1. The number of nitrogens with one attached hydrogen (secondary N) is 2. The van der Waals surface area contributed by atoms with E-state index in [-0.39, 0.29) is 5.75 Å². The highest BCUT2D eigenvalue weighted by Crippen LogP contribution is 2.23. The summed E-state index contributed by atoms with van der Waals surface area (Å²) in [4.78, 5) is 4.58. The van der Waals surface area contributed by atoms with E-state index >= 15 is 0 Å². The molecule has 1 aliphatic rings.